The first-order chi connectivity index (χ1) is 7.74. The van der Waals surface area contributed by atoms with Crippen LogP contribution in [0, 0.1) is 0 Å². The van der Waals surface area contributed by atoms with Crippen LogP contribution in [-0.2, 0) is 0 Å². The summed E-state index contributed by atoms with van der Waals surface area (Å²) in [5, 5.41) is 4.15. The molecule has 16 heavy (non-hydrogen) atoms. The molecule has 2 rings (SSSR count). The van der Waals surface area contributed by atoms with Crippen molar-refractivity contribution in [3.05, 3.63) is 42.1 Å². The molecule has 0 bridgehead atoms. The molecule has 0 aliphatic heterocycles. The van der Waals surface area contributed by atoms with E-state index in [0.29, 0.717) is 11.4 Å². The molecule has 1 aromatic carbocycles. The van der Waals surface area contributed by atoms with Crippen LogP contribution in [0.5, 0.6) is 5.88 Å². The molecule has 0 fully saturated rings. The van der Waals surface area contributed by atoms with Gasteiger partial charge in [-0.05, 0) is 19.1 Å². The number of ketones is 1. The Balaban J connectivity index is 2.54. The maximum absolute atomic E-state index is 11.3. The van der Waals surface area contributed by atoms with Gasteiger partial charge < -0.3 is 4.74 Å². The fourth-order valence-corrected chi connectivity index (χ4v) is 1.53. The predicted molar refractivity (Wildman–Crippen MR) is 60.1 cm³/mol. The Morgan fingerprint density at radius 3 is 2.56 bits per heavy atom. The summed E-state index contributed by atoms with van der Waals surface area (Å²) in [7, 11) is 1.53. The molecule has 1 heterocycles. The predicted octanol–water partition coefficient (Wildman–Crippen LogP) is 2.08. The number of hydrogen-bond acceptors (Lipinski definition) is 3. The van der Waals surface area contributed by atoms with Crippen LogP contribution in [0.1, 0.15) is 17.3 Å². The third kappa shape index (κ3) is 1.69. The van der Waals surface area contributed by atoms with E-state index < -0.39 is 0 Å². The second-order valence-corrected chi connectivity index (χ2v) is 3.37. The van der Waals surface area contributed by atoms with Crippen molar-refractivity contribution in [2.24, 2.45) is 0 Å². The minimum absolute atomic E-state index is 0.0565. The highest BCUT2D eigenvalue weighted by atomic mass is 16.5. The summed E-state index contributed by atoms with van der Waals surface area (Å²) in [5.41, 5.74) is 1.36. The number of rotatable bonds is 3. The zero-order chi connectivity index (χ0) is 11.5. The number of aromatic nitrogens is 2. The lowest BCUT2D eigenvalue weighted by Gasteiger charge is -2.06. The molecular formula is C12H12N2O2. The van der Waals surface area contributed by atoms with Gasteiger partial charge in [0, 0.05) is 0 Å². The minimum atomic E-state index is -0.0565. The van der Waals surface area contributed by atoms with Crippen molar-refractivity contribution in [3.63, 3.8) is 0 Å². The maximum atomic E-state index is 11.3. The smallest absolute Gasteiger partial charge is 0.227 e. The lowest BCUT2D eigenvalue weighted by molar-refractivity contribution is 0.101. The Hall–Kier alpha value is -2.10. The molecule has 0 aliphatic carbocycles. The van der Waals surface area contributed by atoms with Gasteiger partial charge in [0.2, 0.25) is 5.88 Å². The molecule has 0 saturated heterocycles. The zero-order valence-corrected chi connectivity index (χ0v) is 9.18. The number of methoxy groups -OCH3 is 1. The van der Waals surface area contributed by atoms with Gasteiger partial charge in [-0.2, -0.15) is 5.10 Å². The van der Waals surface area contributed by atoms with Gasteiger partial charge in [-0.25, -0.2) is 4.68 Å². The summed E-state index contributed by atoms with van der Waals surface area (Å²) in [6, 6.07) is 9.54. The molecule has 4 nitrogen and oxygen atoms in total. The van der Waals surface area contributed by atoms with Gasteiger partial charge in [-0.15, -0.1) is 0 Å². The number of benzene rings is 1. The topological polar surface area (TPSA) is 44.1 Å². The average Bonchev–Trinajstić information content (AvgIpc) is 2.73. The second kappa shape index (κ2) is 4.18. The molecule has 1 aromatic heterocycles. The Morgan fingerprint density at radius 2 is 2.00 bits per heavy atom. The van der Waals surface area contributed by atoms with Gasteiger partial charge in [-0.1, -0.05) is 18.2 Å². The van der Waals surface area contributed by atoms with Gasteiger partial charge >= 0.3 is 0 Å². The molecule has 4 heteroatoms. The summed E-state index contributed by atoms with van der Waals surface area (Å²) in [5.74, 6) is 0.415. The molecule has 0 spiro atoms. The molecule has 82 valence electrons. The summed E-state index contributed by atoms with van der Waals surface area (Å²) in [6.45, 7) is 1.49. The van der Waals surface area contributed by atoms with Crippen molar-refractivity contribution in [2.75, 3.05) is 7.11 Å². The third-order valence-corrected chi connectivity index (χ3v) is 2.30. The number of carbonyl (C=O) groups excluding carboxylic acids is 1. The summed E-state index contributed by atoms with van der Waals surface area (Å²) >= 11 is 0. The van der Waals surface area contributed by atoms with Crippen LogP contribution in [-0.4, -0.2) is 22.7 Å². The fourth-order valence-electron chi connectivity index (χ4n) is 1.53. The van der Waals surface area contributed by atoms with Crippen molar-refractivity contribution < 1.29 is 9.53 Å². The maximum Gasteiger partial charge on any atom is 0.227 e. The monoisotopic (exact) mass is 216 g/mol. The molecule has 0 radical (unpaired) electrons. The van der Waals surface area contributed by atoms with E-state index in [0.717, 1.165) is 5.69 Å². The number of hydrogen-bond donors (Lipinski definition) is 0. The van der Waals surface area contributed by atoms with Crippen LogP contribution < -0.4 is 4.74 Å². The van der Waals surface area contributed by atoms with Crippen molar-refractivity contribution in [2.45, 2.75) is 6.92 Å². The number of Topliss-reactive ketones (excluding diaryl/α,β-unsaturated/α-hetero) is 1. The van der Waals surface area contributed by atoms with Crippen molar-refractivity contribution in [1.82, 2.24) is 9.78 Å². The molecular weight excluding hydrogens is 204 g/mol. The number of carbonyl (C=O) groups is 1. The Kier molecular flexibility index (Phi) is 2.72. The van der Waals surface area contributed by atoms with E-state index in [9.17, 15) is 4.79 Å². The van der Waals surface area contributed by atoms with E-state index in [1.54, 1.807) is 4.68 Å². The standard InChI is InChI=1S/C12H12N2O2/c1-9(15)11-8-13-14(12(11)16-2)10-6-4-3-5-7-10/h3-8H,1-2H3. The fraction of sp³-hybridized carbons (Fsp3) is 0.167. The number of para-hydroxylation sites is 1. The van der Waals surface area contributed by atoms with E-state index in [-0.39, 0.29) is 5.78 Å². The van der Waals surface area contributed by atoms with Gasteiger partial charge in [0.15, 0.2) is 5.78 Å². The highest BCUT2D eigenvalue weighted by Crippen LogP contribution is 2.22. The first kappa shape index (κ1) is 10.4. The Morgan fingerprint density at radius 1 is 1.31 bits per heavy atom. The van der Waals surface area contributed by atoms with E-state index in [2.05, 4.69) is 5.10 Å². The quantitative estimate of drug-likeness (QED) is 0.738. The Bertz CT molecular complexity index is 503. The highest BCUT2D eigenvalue weighted by molar-refractivity contribution is 5.96. The van der Waals surface area contributed by atoms with Crippen LogP contribution in [0.15, 0.2) is 36.5 Å². The normalized spacial score (nSPS) is 10.1. The van der Waals surface area contributed by atoms with E-state index in [1.807, 2.05) is 30.3 Å². The van der Waals surface area contributed by atoms with Crippen LogP contribution in [0.3, 0.4) is 0 Å². The van der Waals surface area contributed by atoms with Gasteiger partial charge in [0.05, 0.1) is 24.6 Å². The van der Waals surface area contributed by atoms with Crippen molar-refractivity contribution >= 4 is 5.78 Å². The van der Waals surface area contributed by atoms with Gasteiger partial charge in [-0.3, -0.25) is 4.79 Å². The molecule has 2 aromatic rings. The van der Waals surface area contributed by atoms with Crippen LogP contribution in [0.2, 0.25) is 0 Å². The van der Waals surface area contributed by atoms with Crippen LogP contribution in [0.4, 0.5) is 0 Å². The van der Waals surface area contributed by atoms with Crippen molar-refractivity contribution in [3.8, 4) is 11.6 Å². The van der Waals surface area contributed by atoms with Crippen LogP contribution in [0.25, 0.3) is 5.69 Å². The van der Waals surface area contributed by atoms with Crippen molar-refractivity contribution in [1.29, 1.82) is 0 Å². The van der Waals surface area contributed by atoms with E-state index >= 15 is 0 Å². The molecule has 0 amide bonds. The second-order valence-electron chi connectivity index (χ2n) is 3.37. The molecule has 0 aliphatic rings. The lowest BCUT2D eigenvalue weighted by atomic mass is 10.2. The summed E-state index contributed by atoms with van der Waals surface area (Å²) < 4.78 is 6.82. The van der Waals surface area contributed by atoms with Gasteiger partial charge in [0.1, 0.15) is 0 Å². The first-order valence-corrected chi connectivity index (χ1v) is 4.92. The first-order valence-electron chi connectivity index (χ1n) is 4.92. The highest BCUT2D eigenvalue weighted by Gasteiger charge is 2.15. The zero-order valence-electron chi connectivity index (χ0n) is 9.18. The molecule has 0 saturated carbocycles. The lowest BCUT2D eigenvalue weighted by Crippen LogP contribution is -2.01. The molecule has 0 unspecified atom stereocenters. The Labute approximate surface area is 93.5 Å². The van der Waals surface area contributed by atoms with E-state index in [4.69, 9.17) is 4.74 Å². The van der Waals surface area contributed by atoms with Crippen LogP contribution >= 0.6 is 0 Å². The number of ether oxygens (including phenoxy) is 1. The third-order valence-electron chi connectivity index (χ3n) is 2.30. The molecule has 0 N–H and O–H groups in total. The van der Waals surface area contributed by atoms with Gasteiger partial charge in [0.25, 0.3) is 0 Å². The van der Waals surface area contributed by atoms with E-state index in [1.165, 1.54) is 20.2 Å². The molecule has 0 atom stereocenters. The largest absolute Gasteiger partial charge is 0.480 e. The number of nitrogens with zero attached hydrogens (tertiary/aromatic N) is 2. The summed E-state index contributed by atoms with van der Waals surface area (Å²) in [4.78, 5) is 11.3. The average molecular weight is 216 g/mol. The summed E-state index contributed by atoms with van der Waals surface area (Å²) in [6.07, 6.45) is 1.52. The SMILES string of the molecule is COc1c(C(C)=O)cnn1-c1ccccc1. The minimum Gasteiger partial charge on any atom is -0.480 e.